The number of ether oxygens (including phenoxy) is 2. The lowest BCUT2D eigenvalue weighted by molar-refractivity contribution is 0.288. The first-order valence-electron chi connectivity index (χ1n) is 7.45. The predicted octanol–water partition coefficient (Wildman–Crippen LogP) is 3.13. The summed E-state index contributed by atoms with van der Waals surface area (Å²) in [7, 11) is 0. The molecule has 1 aromatic rings. The van der Waals surface area contributed by atoms with Crippen LogP contribution < -0.4 is 20.5 Å². The zero-order valence-corrected chi connectivity index (χ0v) is 13.1. The maximum atomic E-state index is 5.79. The summed E-state index contributed by atoms with van der Waals surface area (Å²) in [5.74, 6) is 2.62. The van der Waals surface area contributed by atoms with Crippen molar-refractivity contribution in [1.82, 2.24) is 0 Å². The summed E-state index contributed by atoms with van der Waals surface area (Å²) in [6.07, 6.45) is 0. The second-order valence-corrected chi connectivity index (χ2v) is 5.15. The van der Waals surface area contributed by atoms with Gasteiger partial charge in [-0.05, 0) is 44.4 Å². The number of hydrogen-bond acceptors (Lipinski definition) is 4. The minimum Gasteiger partial charge on any atom is -0.490 e. The number of nitrogens with two attached hydrogens (primary N) is 1. The number of hydrogen-bond donors (Lipinski definition) is 2. The fourth-order valence-corrected chi connectivity index (χ4v) is 2.00. The minimum absolute atomic E-state index is 0.470. The Labute approximate surface area is 122 Å². The molecule has 0 aliphatic heterocycles. The Hall–Kier alpha value is -1.42. The van der Waals surface area contributed by atoms with Crippen LogP contribution in [0, 0.1) is 11.8 Å². The van der Waals surface area contributed by atoms with Gasteiger partial charge in [-0.3, -0.25) is 0 Å². The van der Waals surface area contributed by atoms with Crippen molar-refractivity contribution in [2.75, 3.05) is 31.6 Å². The van der Waals surface area contributed by atoms with E-state index in [0.29, 0.717) is 31.6 Å². The van der Waals surface area contributed by atoms with Gasteiger partial charge in [0.2, 0.25) is 0 Å². The van der Waals surface area contributed by atoms with Crippen LogP contribution >= 0.6 is 0 Å². The van der Waals surface area contributed by atoms with Crippen LogP contribution in [0.1, 0.15) is 27.7 Å². The maximum Gasteiger partial charge on any atom is 0.163 e. The first-order valence-corrected chi connectivity index (χ1v) is 7.45. The SMILES string of the molecule is CCOc1ccc(NCC(CN)C(C)C)cc1OCC. The number of anilines is 1. The van der Waals surface area contributed by atoms with Gasteiger partial charge in [0, 0.05) is 18.3 Å². The molecule has 0 saturated heterocycles. The van der Waals surface area contributed by atoms with Crippen LogP contribution in [0.15, 0.2) is 18.2 Å². The first kappa shape index (κ1) is 16.6. The Morgan fingerprint density at radius 3 is 2.30 bits per heavy atom. The molecule has 3 N–H and O–H groups in total. The predicted molar refractivity (Wildman–Crippen MR) is 84.7 cm³/mol. The van der Waals surface area contributed by atoms with E-state index in [0.717, 1.165) is 23.7 Å². The van der Waals surface area contributed by atoms with Gasteiger partial charge in [-0.2, -0.15) is 0 Å². The standard InChI is InChI=1S/C16H28N2O2/c1-5-19-15-8-7-14(9-16(15)20-6-2)18-11-13(10-17)12(3)4/h7-9,12-13,18H,5-6,10-11,17H2,1-4H3. The van der Waals surface area contributed by atoms with E-state index in [9.17, 15) is 0 Å². The molecule has 4 nitrogen and oxygen atoms in total. The van der Waals surface area contributed by atoms with Gasteiger partial charge in [-0.25, -0.2) is 0 Å². The van der Waals surface area contributed by atoms with Crippen LogP contribution in [-0.4, -0.2) is 26.3 Å². The molecule has 0 heterocycles. The number of nitrogens with one attached hydrogen (secondary N) is 1. The zero-order chi connectivity index (χ0) is 15.0. The summed E-state index contributed by atoms with van der Waals surface area (Å²) in [6.45, 7) is 11.2. The zero-order valence-electron chi connectivity index (χ0n) is 13.1. The van der Waals surface area contributed by atoms with E-state index in [1.807, 2.05) is 32.0 Å². The van der Waals surface area contributed by atoms with E-state index >= 15 is 0 Å². The van der Waals surface area contributed by atoms with Gasteiger partial charge in [0.15, 0.2) is 11.5 Å². The number of benzene rings is 1. The van der Waals surface area contributed by atoms with Crippen LogP contribution in [0.5, 0.6) is 11.5 Å². The van der Waals surface area contributed by atoms with E-state index in [2.05, 4.69) is 19.2 Å². The van der Waals surface area contributed by atoms with Crippen molar-refractivity contribution in [3.05, 3.63) is 18.2 Å². The second-order valence-electron chi connectivity index (χ2n) is 5.15. The summed E-state index contributed by atoms with van der Waals surface area (Å²) < 4.78 is 11.2. The Kier molecular flexibility index (Phi) is 7.23. The molecule has 1 unspecified atom stereocenters. The highest BCUT2D eigenvalue weighted by Gasteiger charge is 2.12. The molecule has 0 bridgehead atoms. The minimum atomic E-state index is 0.470. The van der Waals surface area contributed by atoms with E-state index in [4.69, 9.17) is 15.2 Å². The summed E-state index contributed by atoms with van der Waals surface area (Å²) >= 11 is 0. The van der Waals surface area contributed by atoms with Crippen LogP contribution in [0.25, 0.3) is 0 Å². The fraction of sp³-hybridized carbons (Fsp3) is 0.625. The highest BCUT2D eigenvalue weighted by Crippen LogP contribution is 2.30. The maximum absolute atomic E-state index is 5.79. The molecule has 1 aromatic carbocycles. The second kappa shape index (κ2) is 8.69. The molecule has 0 aromatic heterocycles. The first-order chi connectivity index (χ1) is 9.62. The van der Waals surface area contributed by atoms with Gasteiger partial charge in [-0.1, -0.05) is 13.8 Å². The summed E-state index contributed by atoms with van der Waals surface area (Å²) in [4.78, 5) is 0. The molecule has 0 radical (unpaired) electrons. The van der Waals surface area contributed by atoms with E-state index in [1.165, 1.54) is 0 Å². The Morgan fingerprint density at radius 2 is 1.75 bits per heavy atom. The molecule has 0 spiro atoms. The highest BCUT2D eigenvalue weighted by atomic mass is 16.5. The van der Waals surface area contributed by atoms with Crippen molar-refractivity contribution in [1.29, 1.82) is 0 Å². The molecular formula is C16H28N2O2. The van der Waals surface area contributed by atoms with Crippen LogP contribution in [0.2, 0.25) is 0 Å². The van der Waals surface area contributed by atoms with E-state index in [-0.39, 0.29) is 0 Å². The van der Waals surface area contributed by atoms with Crippen molar-refractivity contribution in [3.63, 3.8) is 0 Å². The lowest BCUT2D eigenvalue weighted by atomic mass is 9.96. The Balaban J connectivity index is 2.73. The van der Waals surface area contributed by atoms with Crippen LogP contribution in [-0.2, 0) is 0 Å². The Bertz CT molecular complexity index is 394. The molecular weight excluding hydrogens is 252 g/mol. The lowest BCUT2D eigenvalue weighted by Crippen LogP contribution is -2.27. The van der Waals surface area contributed by atoms with E-state index < -0.39 is 0 Å². The molecule has 0 saturated carbocycles. The summed E-state index contributed by atoms with van der Waals surface area (Å²) in [5.41, 5.74) is 6.83. The van der Waals surface area contributed by atoms with Gasteiger partial charge >= 0.3 is 0 Å². The molecule has 0 aliphatic rings. The van der Waals surface area contributed by atoms with Crippen molar-refractivity contribution in [2.24, 2.45) is 17.6 Å². The molecule has 1 rings (SSSR count). The normalized spacial score (nSPS) is 12.3. The van der Waals surface area contributed by atoms with Crippen molar-refractivity contribution >= 4 is 5.69 Å². The highest BCUT2D eigenvalue weighted by molar-refractivity contribution is 5.54. The third-order valence-corrected chi connectivity index (χ3v) is 3.36. The summed E-state index contributed by atoms with van der Waals surface area (Å²) in [5, 5.41) is 3.43. The van der Waals surface area contributed by atoms with E-state index in [1.54, 1.807) is 0 Å². The van der Waals surface area contributed by atoms with Crippen molar-refractivity contribution < 1.29 is 9.47 Å². The molecule has 0 amide bonds. The van der Waals surface area contributed by atoms with Gasteiger partial charge < -0.3 is 20.5 Å². The fourth-order valence-electron chi connectivity index (χ4n) is 2.00. The van der Waals surface area contributed by atoms with Crippen molar-refractivity contribution in [2.45, 2.75) is 27.7 Å². The van der Waals surface area contributed by atoms with Gasteiger partial charge in [-0.15, -0.1) is 0 Å². The third-order valence-electron chi connectivity index (χ3n) is 3.36. The van der Waals surface area contributed by atoms with Gasteiger partial charge in [0.25, 0.3) is 0 Å². The molecule has 20 heavy (non-hydrogen) atoms. The lowest BCUT2D eigenvalue weighted by Gasteiger charge is -2.20. The number of rotatable bonds is 9. The van der Waals surface area contributed by atoms with Crippen LogP contribution in [0.4, 0.5) is 5.69 Å². The topological polar surface area (TPSA) is 56.5 Å². The molecule has 0 aliphatic carbocycles. The molecule has 1 atom stereocenters. The van der Waals surface area contributed by atoms with Crippen molar-refractivity contribution in [3.8, 4) is 11.5 Å². The molecule has 4 heteroatoms. The third kappa shape index (κ3) is 4.93. The van der Waals surface area contributed by atoms with Crippen LogP contribution in [0.3, 0.4) is 0 Å². The van der Waals surface area contributed by atoms with Gasteiger partial charge in [0.1, 0.15) is 0 Å². The average Bonchev–Trinajstić information content (AvgIpc) is 2.42. The van der Waals surface area contributed by atoms with Gasteiger partial charge in [0.05, 0.1) is 13.2 Å². The smallest absolute Gasteiger partial charge is 0.163 e. The summed E-state index contributed by atoms with van der Waals surface area (Å²) in [6, 6.07) is 5.95. The largest absolute Gasteiger partial charge is 0.490 e. The molecule has 0 fully saturated rings. The average molecular weight is 280 g/mol. The quantitative estimate of drug-likeness (QED) is 0.729. The molecule has 114 valence electrons. The monoisotopic (exact) mass is 280 g/mol. The Morgan fingerprint density at radius 1 is 1.10 bits per heavy atom.